The molecule has 4 rings (SSSR count). The minimum Gasteiger partial charge on any atom is -0.490 e. The minimum absolute atomic E-state index is 0.141. The fourth-order valence-corrected chi connectivity index (χ4v) is 4.82. The van der Waals surface area contributed by atoms with E-state index in [1.54, 1.807) is 66.7 Å². The Morgan fingerprint density at radius 2 is 1.70 bits per heavy atom. The van der Waals surface area contributed by atoms with Gasteiger partial charge in [0.25, 0.3) is 11.1 Å². The largest absolute Gasteiger partial charge is 0.490 e. The summed E-state index contributed by atoms with van der Waals surface area (Å²) in [6, 6.07) is 19.2. The zero-order valence-corrected chi connectivity index (χ0v) is 22.0. The van der Waals surface area contributed by atoms with Crippen LogP contribution in [0.5, 0.6) is 11.5 Å². The Morgan fingerprint density at radius 3 is 2.41 bits per heavy atom. The summed E-state index contributed by atoms with van der Waals surface area (Å²) in [6.45, 7) is 1.99. The van der Waals surface area contributed by atoms with Gasteiger partial charge in [0.05, 0.1) is 11.5 Å². The Kier molecular flexibility index (Phi) is 8.76. The number of hydrogen-bond donors (Lipinski definition) is 1. The van der Waals surface area contributed by atoms with Crippen molar-refractivity contribution in [3.8, 4) is 11.5 Å². The van der Waals surface area contributed by atoms with Crippen molar-refractivity contribution in [2.45, 2.75) is 13.5 Å². The molecule has 1 fully saturated rings. The maximum Gasteiger partial charge on any atom is 0.294 e. The van der Waals surface area contributed by atoms with Crippen molar-refractivity contribution in [2.75, 3.05) is 18.5 Å². The van der Waals surface area contributed by atoms with Gasteiger partial charge in [-0.15, -0.1) is 0 Å². The van der Waals surface area contributed by atoms with Crippen LogP contribution in [0.3, 0.4) is 0 Å². The molecule has 1 N–H and O–H groups in total. The average Bonchev–Trinajstić information content (AvgIpc) is 3.13. The summed E-state index contributed by atoms with van der Waals surface area (Å²) >= 11 is 13.2. The van der Waals surface area contributed by atoms with E-state index in [1.165, 1.54) is 0 Å². The molecule has 1 saturated heterocycles. The van der Waals surface area contributed by atoms with Gasteiger partial charge < -0.3 is 14.8 Å². The van der Waals surface area contributed by atoms with E-state index in [0.717, 1.165) is 16.7 Å². The number of imide groups is 1. The molecule has 1 aliphatic rings. The molecular weight excluding hydrogens is 535 g/mol. The summed E-state index contributed by atoms with van der Waals surface area (Å²) in [5.74, 6) is -0.0695. The maximum absolute atomic E-state index is 12.9. The molecule has 0 spiro atoms. The fourth-order valence-electron chi connectivity index (χ4n) is 3.48. The number of nitrogens with zero attached hydrogens (tertiary/aromatic N) is 1. The molecular formula is C27H22Cl2N2O5S. The Bertz CT molecular complexity index is 1340. The number of anilines is 1. The number of para-hydroxylation sites is 1. The van der Waals surface area contributed by atoms with Crippen molar-refractivity contribution in [3.05, 3.63) is 92.8 Å². The van der Waals surface area contributed by atoms with Gasteiger partial charge in [-0.1, -0.05) is 53.5 Å². The van der Waals surface area contributed by atoms with Gasteiger partial charge in [-0.25, -0.2) is 0 Å². The smallest absolute Gasteiger partial charge is 0.294 e. The van der Waals surface area contributed by atoms with Crippen LogP contribution < -0.4 is 14.8 Å². The number of carbonyl (C=O) groups is 3. The monoisotopic (exact) mass is 556 g/mol. The van der Waals surface area contributed by atoms with E-state index in [9.17, 15) is 14.4 Å². The van der Waals surface area contributed by atoms with Gasteiger partial charge in [0.15, 0.2) is 11.5 Å². The van der Waals surface area contributed by atoms with Crippen molar-refractivity contribution < 1.29 is 23.9 Å². The topological polar surface area (TPSA) is 84.9 Å². The lowest BCUT2D eigenvalue weighted by Gasteiger charge is -2.14. The van der Waals surface area contributed by atoms with Crippen LogP contribution in [0, 0.1) is 0 Å². The highest BCUT2D eigenvalue weighted by Gasteiger charge is 2.36. The Hall–Kier alpha value is -3.46. The van der Waals surface area contributed by atoms with E-state index in [2.05, 4.69) is 5.32 Å². The van der Waals surface area contributed by atoms with Crippen LogP contribution in [0.15, 0.2) is 71.6 Å². The molecule has 0 atom stereocenters. The van der Waals surface area contributed by atoms with Gasteiger partial charge in [-0.05, 0) is 66.7 Å². The third-order valence-corrected chi connectivity index (χ3v) is 6.85. The summed E-state index contributed by atoms with van der Waals surface area (Å²) in [6.07, 6.45) is 1.58. The van der Waals surface area contributed by atoms with E-state index in [4.69, 9.17) is 32.7 Å². The number of benzene rings is 3. The van der Waals surface area contributed by atoms with Gasteiger partial charge in [0.2, 0.25) is 5.91 Å². The lowest BCUT2D eigenvalue weighted by Crippen LogP contribution is -2.36. The van der Waals surface area contributed by atoms with Crippen LogP contribution in [0.1, 0.15) is 18.1 Å². The molecule has 37 heavy (non-hydrogen) atoms. The number of amides is 3. The molecule has 3 aromatic carbocycles. The standard InChI is InChI=1S/C27H22Cl2N2O5S/c1-2-35-23-13-17(11-12-22(23)36-16-19-20(28)9-6-10-21(19)29)14-24-26(33)31(27(34)37-24)15-25(32)30-18-7-4-3-5-8-18/h3-14H,2,15-16H2,1H3,(H,30,32)/b24-14-. The Balaban J connectivity index is 1.47. The molecule has 3 amide bonds. The molecule has 0 saturated carbocycles. The van der Waals surface area contributed by atoms with Gasteiger partial charge in [0.1, 0.15) is 13.2 Å². The lowest BCUT2D eigenvalue weighted by atomic mass is 10.1. The van der Waals surface area contributed by atoms with E-state index in [-0.39, 0.29) is 18.1 Å². The number of nitrogens with one attached hydrogen (secondary N) is 1. The summed E-state index contributed by atoms with van der Waals surface area (Å²) in [7, 11) is 0. The van der Waals surface area contributed by atoms with Crippen molar-refractivity contribution in [3.63, 3.8) is 0 Å². The predicted molar refractivity (Wildman–Crippen MR) is 146 cm³/mol. The molecule has 1 heterocycles. The second-order valence-corrected chi connectivity index (χ2v) is 9.62. The quantitative estimate of drug-likeness (QED) is 0.297. The van der Waals surface area contributed by atoms with E-state index in [0.29, 0.717) is 45.0 Å². The second-order valence-electron chi connectivity index (χ2n) is 7.81. The van der Waals surface area contributed by atoms with Crippen LogP contribution in [-0.2, 0) is 16.2 Å². The molecule has 1 aliphatic heterocycles. The first-order valence-corrected chi connectivity index (χ1v) is 12.9. The first kappa shape index (κ1) is 26.6. The second kappa shape index (κ2) is 12.2. The summed E-state index contributed by atoms with van der Waals surface area (Å²) in [5.41, 5.74) is 1.87. The summed E-state index contributed by atoms with van der Waals surface area (Å²) in [5, 5.41) is 3.15. The van der Waals surface area contributed by atoms with E-state index in [1.807, 2.05) is 13.0 Å². The van der Waals surface area contributed by atoms with Gasteiger partial charge in [-0.2, -0.15) is 0 Å². The molecule has 0 unspecified atom stereocenters. The number of rotatable bonds is 9. The third-order valence-electron chi connectivity index (χ3n) is 5.23. The highest BCUT2D eigenvalue weighted by molar-refractivity contribution is 8.18. The Labute approximate surface area is 228 Å². The van der Waals surface area contributed by atoms with Crippen molar-refractivity contribution in [1.82, 2.24) is 4.90 Å². The van der Waals surface area contributed by atoms with Crippen LogP contribution >= 0.6 is 35.0 Å². The minimum atomic E-state index is -0.537. The first-order chi connectivity index (χ1) is 17.9. The highest BCUT2D eigenvalue weighted by atomic mass is 35.5. The maximum atomic E-state index is 12.9. The number of thioether (sulfide) groups is 1. The summed E-state index contributed by atoms with van der Waals surface area (Å²) < 4.78 is 11.6. The Morgan fingerprint density at radius 1 is 0.973 bits per heavy atom. The van der Waals surface area contributed by atoms with Crippen molar-refractivity contribution in [1.29, 1.82) is 0 Å². The zero-order chi connectivity index (χ0) is 26.4. The van der Waals surface area contributed by atoms with Crippen molar-refractivity contribution in [2.24, 2.45) is 0 Å². The average molecular weight is 557 g/mol. The highest BCUT2D eigenvalue weighted by Crippen LogP contribution is 2.35. The molecule has 0 bridgehead atoms. The zero-order valence-electron chi connectivity index (χ0n) is 19.7. The van der Waals surface area contributed by atoms with Crippen LogP contribution in [-0.4, -0.2) is 35.1 Å². The lowest BCUT2D eigenvalue weighted by molar-refractivity contribution is -0.127. The third kappa shape index (κ3) is 6.65. The van der Waals surface area contributed by atoms with Gasteiger partial charge in [0, 0.05) is 21.3 Å². The normalized spacial score (nSPS) is 14.2. The molecule has 10 heteroatoms. The molecule has 3 aromatic rings. The first-order valence-electron chi connectivity index (χ1n) is 11.3. The molecule has 7 nitrogen and oxygen atoms in total. The number of ether oxygens (including phenoxy) is 2. The number of halogens is 2. The number of carbonyl (C=O) groups excluding carboxylic acids is 3. The van der Waals surface area contributed by atoms with Crippen LogP contribution in [0.4, 0.5) is 10.5 Å². The fraction of sp³-hybridized carbons (Fsp3) is 0.148. The van der Waals surface area contributed by atoms with Crippen molar-refractivity contribution >= 4 is 63.8 Å². The molecule has 0 aromatic heterocycles. The number of hydrogen-bond acceptors (Lipinski definition) is 6. The van der Waals surface area contributed by atoms with Crippen LogP contribution in [0.25, 0.3) is 6.08 Å². The van der Waals surface area contributed by atoms with Crippen LogP contribution in [0.2, 0.25) is 10.0 Å². The predicted octanol–water partition coefficient (Wildman–Crippen LogP) is 6.65. The molecule has 0 radical (unpaired) electrons. The van der Waals surface area contributed by atoms with E-state index >= 15 is 0 Å². The summed E-state index contributed by atoms with van der Waals surface area (Å²) in [4.78, 5) is 38.8. The molecule has 0 aliphatic carbocycles. The van der Waals surface area contributed by atoms with E-state index < -0.39 is 17.1 Å². The van der Waals surface area contributed by atoms with Gasteiger partial charge in [-0.3, -0.25) is 19.3 Å². The van der Waals surface area contributed by atoms with Gasteiger partial charge >= 0.3 is 0 Å². The molecule has 190 valence electrons. The SMILES string of the molecule is CCOc1cc(/C=C2\SC(=O)N(CC(=O)Nc3ccccc3)C2=O)ccc1OCc1c(Cl)cccc1Cl.